The molecule has 286 valence electrons. The van der Waals surface area contributed by atoms with Gasteiger partial charge in [-0.1, -0.05) is 33.8 Å². The van der Waals surface area contributed by atoms with Crippen molar-refractivity contribution < 1.29 is 38.0 Å². The van der Waals surface area contributed by atoms with Crippen LogP contribution in [0.5, 0.6) is 11.5 Å². The van der Waals surface area contributed by atoms with E-state index in [1.807, 2.05) is 40.7 Å². The van der Waals surface area contributed by atoms with Crippen LogP contribution in [0.3, 0.4) is 0 Å². The summed E-state index contributed by atoms with van der Waals surface area (Å²) in [5, 5.41) is 3.20. The third kappa shape index (κ3) is 12.6. The van der Waals surface area contributed by atoms with Crippen LogP contribution in [0.15, 0.2) is 18.2 Å². The van der Waals surface area contributed by atoms with Crippen molar-refractivity contribution in [3.05, 3.63) is 23.8 Å². The van der Waals surface area contributed by atoms with Crippen LogP contribution < -0.4 is 14.8 Å². The van der Waals surface area contributed by atoms with Gasteiger partial charge in [-0.15, -0.1) is 0 Å². The number of hydrogen-bond acceptors (Lipinski definition) is 9. The lowest BCUT2D eigenvalue weighted by Gasteiger charge is -2.37. The molecule has 4 atom stereocenters. The van der Waals surface area contributed by atoms with Gasteiger partial charge in [0.2, 0.25) is 5.91 Å². The fourth-order valence-corrected chi connectivity index (χ4v) is 6.98. The molecule has 0 unspecified atom stereocenters. The quantitative estimate of drug-likeness (QED) is 0.180. The molecule has 2 aliphatic rings. The molecule has 50 heavy (non-hydrogen) atoms. The Morgan fingerprint density at radius 2 is 1.70 bits per heavy atom. The molecule has 2 aliphatic heterocycles. The number of ether oxygens (including phenoxy) is 6. The fraction of sp³-hybridized carbons (Fsp3) is 0.795. The standard InChI is InChI=1S/C39H67N3O8/c1-27(2)30(23-29-13-14-33(46-11)35(24-29)48-20-12-19-45-10)25-32-34(49-39(8,9)42(32)37(44)50-38(5,6)7)26-31(28(3)4)36(43)40-15-16-41-17-21-47-22-18-41/h13-14,24,27-28,30-32,34H,12,15-23,25-26H2,1-11H3,(H,40,43)/t30-,31-,32-,34-/m0/s1. The largest absolute Gasteiger partial charge is 0.493 e. The Bertz CT molecular complexity index is 1190. The van der Waals surface area contributed by atoms with E-state index in [0.29, 0.717) is 50.0 Å². The first kappa shape index (κ1) is 41.8. The Morgan fingerprint density at radius 3 is 2.30 bits per heavy atom. The molecule has 0 spiro atoms. The van der Waals surface area contributed by atoms with Crippen LogP contribution in [-0.2, 0) is 30.2 Å². The van der Waals surface area contributed by atoms with E-state index in [-0.39, 0.29) is 35.8 Å². The smallest absolute Gasteiger partial charge is 0.412 e. The van der Waals surface area contributed by atoms with Crippen molar-refractivity contribution in [3.8, 4) is 11.5 Å². The molecule has 1 N–H and O–H groups in total. The molecule has 2 fully saturated rings. The summed E-state index contributed by atoms with van der Waals surface area (Å²) in [6.45, 7) is 23.9. The molecule has 3 rings (SSSR count). The SMILES string of the molecule is COCCCOc1cc(C[C@@H](C[C@H]2[C@H](C[C@H](C(=O)NCCN3CCOCC3)C(C)C)OC(C)(C)N2C(=O)OC(C)(C)C)C(C)C)ccc1OC. The van der Waals surface area contributed by atoms with E-state index >= 15 is 0 Å². The van der Waals surface area contributed by atoms with E-state index in [4.69, 9.17) is 28.4 Å². The first-order chi connectivity index (χ1) is 23.6. The summed E-state index contributed by atoms with van der Waals surface area (Å²) < 4.78 is 35.1. The number of benzene rings is 1. The molecular weight excluding hydrogens is 638 g/mol. The third-order valence-electron chi connectivity index (χ3n) is 9.79. The van der Waals surface area contributed by atoms with Gasteiger partial charge in [0.15, 0.2) is 11.5 Å². The van der Waals surface area contributed by atoms with E-state index in [0.717, 1.165) is 51.3 Å². The molecule has 0 saturated carbocycles. The van der Waals surface area contributed by atoms with Crippen molar-refractivity contribution in [2.45, 2.75) is 111 Å². The van der Waals surface area contributed by atoms with Gasteiger partial charge in [0.1, 0.15) is 11.3 Å². The topological polar surface area (TPSA) is 108 Å². The number of carbonyl (C=O) groups is 2. The van der Waals surface area contributed by atoms with Crippen molar-refractivity contribution in [3.63, 3.8) is 0 Å². The summed E-state index contributed by atoms with van der Waals surface area (Å²) in [5.74, 6) is 1.74. The third-order valence-corrected chi connectivity index (χ3v) is 9.79. The van der Waals surface area contributed by atoms with Crippen LogP contribution in [-0.4, -0.2) is 112 Å². The average molecular weight is 706 g/mol. The number of hydrogen-bond donors (Lipinski definition) is 1. The molecule has 2 amide bonds. The highest BCUT2D eigenvalue weighted by Crippen LogP contribution is 2.41. The fourth-order valence-electron chi connectivity index (χ4n) is 6.98. The minimum atomic E-state index is -0.920. The zero-order valence-electron chi connectivity index (χ0n) is 32.8. The summed E-state index contributed by atoms with van der Waals surface area (Å²) in [6, 6.07) is 5.82. The molecule has 0 aromatic heterocycles. The van der Waals surface area contributed by atoms with Gasteiger partial charge in [0, 0.05) is 52.2 Å². The second kappa shape index (κ2) is 19.3. The number of morpholine rings is 1. The van der Waals surface area contributed by atoms with Crippen molar-refractivity contribution in [2.75, 3.05) is 66.8 Å². The summed E-state index contributed by atoms with van der Waals surface area (Å²) >= 11 is 0. The van der Waals surface area contributed by atoms with Crippen LogP contribution in [0.1, 0.15) is 87.1 Å². The van der Waals surface area contributed by atoms with Crippen LogP contribution in [0.2, 0.25) is 0 Å². The lowest BCUT2D eigenvalue weighted by atomic mass is 9.80. The van der Waals surface area contributed by atoms with Gasteiger partial charge in [-0.25, -0.2) is 4.79 Å². The highest BCUT2D eigenvalue weighted by atomic mass is 16.6. The minimum absolute atomic E-state index is 0.0285. The van der Waals surface area contributed by atoms with Gasteiger partial charge in [-0.05, 0) is 89.3 Å². The number of amides is 2. The van der Waals surface area contributed by atoms with Crippen molar-refractivity contribution in [2.24, 2.45) is 23.7 Å². The molecule has 0 aliphatic carbocycles. The highest BCUT2D eigenvalue weighted by molar-refractivity contribution is 5.79. The van der Waals surface area contributed by atoms with Crippen molar-refractivity contribution in [1.82, 2.24) is 15.1 Å². The molecule has 0 bridgehead atoms. The minimum Gasteiger partial charge on any atom is -0.493 e. The first-order valence-electron chi connectivity index (χ1n) is 18.6. The van der Waals surface area contributed by atoms with Crippen LogP contribution in [0.25, 0.3) is 0 Å². The summed E-state index contributed by atoms with van der Waals surface area (Å²) in [5.41, 5.74) is -0.460. The number of carbonyl (C=O) groups excluding carboxylic acids is 2. The Kier molecular flexibility index (Phi) is 16.1. The maximum Gasteiger partial charge on any atom is 0.412 e. The Hall–Kier alpha value is -2.60. The number of nitrogens with one attached hydrogen (secondary N) is 1. The van der Waals surface area contributed by atoms with E-state index < -0.39 is 17.4 Å². The van der Waals surface area contributed by atoms with E-state index in [9.17, 15) is 9.59 Å². The molecular formula is C39H67N3O8. The van der Waals surface area contributed by atoms with Gasteiger partial charge < -0.3 is 33.7 Å². The second-order valence-electron chi connectivity index (χ2n) is 16.0. The maximum atomic E-state index is 13.9. The van der Waals surface area contributed by atoms with Gasteiger partial charge in [0.05, 0.1) is 39.1 Å². The Morgan fingerprint density at radius 1 is 1.00 bits per heavy atom. The monoisotopic (exact) mass is 705 g/mol. The van der Waals surface area contributed by atoms with Crippen LogP contribution in [0, 0.1) is 23.7 Å². The molecule has 11 heteroatoms. The van der Waals surface area contributed by atoms with Gasteiger partial charge >= 0.3 is 6.09 Å². The Labute approximate surface area is 302 Å². The molecule has 11 nitrogen and oxygen atoms in total. The summed E-state index contributed by atoms with van der Waals surface area (Å²) in [4.78, 5) is 31.8. The van der Waals surface area contributed by atoms with E-state index in [1.165, 1.54) is 0 Å². The summed E-state index contributed by atoms with van der Waals surface area (Å²) in [7, 11) is 3.33. The lowest BCUT2D eigenvalue weighted by Crippen LogP contribution is -2.51. The second-order valence-corrected chi connectivity index (χ2v) is 16.0. The predicted molar refractivity (Wildman–Crippen MR) is 196 cm³/mol. The normalized spacial score (nSPS) is 20.9. The lowest BCUT2D eigenvalue weighted by molar-refractivity contribution is -0.129. The van der Waals surface area contributed by atoms with Crippen LogP contribution >= 0.6 is 0 Å². The van der Waals surface area contributed by atoms with Crippen molar-refractivity contribution in [1.29, 1.82) is 0 Å². The molecule has 2 heterocycles. The predicted octanol–water partition coefficient (Wildman–Crippen LogP) is 6.17. The molecule has 1 aromatic carbocycles. The van der Waals surface area contributed by atoms with Gasteiger partial charge in [0.25, 0.3) is 0 Å². The van der Waals surface area contributed by atoms with Crippen LogP contribution in [0.4, 0.5) is 4.79 Å². The maximum absolute atomic E-state index is 13.9. The summed E-state index contributed by atoms with van der Waals surface area (Å²) in [6.07, 6.45) is 1.99. The highest BCUT2D eigenvalue weighted by Gasteiger charge is 2.52. The number of methoxy groups -OCH3 is 2. The first-order valence-corrected chi connectivity index (χ1v) is 18.6. The zero-order valence-corrected chi connectivity index (χ0v) is 32.8. The number of nitrogens with zero attached hydrogens (tertiary/aromatic N) is 2. The van der Waals surface area contributed by atoms with E-state index in [1.54, 1.807) is 19.1 Å². The Balaban J connectivity index is 1.87. The van der Waals surface area contributed by atoms with E-state index in [2.05, 4.69) is 50.0 Å². The zero-order chi connectivity index (χ0) is 37.1. The van der Waals surface area contributed by atoms with Gasteiger partial charge in [-0.2, -0.15) is 0 Å². The average Bonchev–Trinajstić information content (AvgIpc) is 3.29. The molecule has 2 saturated heterocycles. The van der Waals surface area contributed by atoms with Crippen molar-refractivity contribution >= 4 is 12.0 Å². The molecule has 0 radical (unpaired) electrons. The number of rotatable bonds is 18. The van der Waals surface area contributed by atoms with Gasteiger partial charge in [-0.3, -0.25) is 14.6 Å². The molecule has 1 aromatic rings.